The van der Waals surface area contributed by atoms with Gasteiger partial charge in [-0.3, -0.25) is 9.59 Å². The SMILES string of the molecule is O=C(O)Cn1cc(COCCOc2cn(CC(=O)O)nn2)nn1. The summed E-state index contributed by atoms with van der Waals surface area (Å²) in [4.78, 5) is 21.0. The van der Waals surface area contributed by atoms with E-state index in [9.17, 15) is 9.59 Å². The lowest BCUT2D eigenvalue weighted by Gasteiger charge is -2.02. The van der Waals surface area contributed by atoms with E-state index in [-0.39, 0.29) is 38.8 Å². The van der Waals surface area contributed by atoms with Gasteiger partial charge < -0.3 is 19.7 Å². The van der Waals surface area contributed by atoms with E-state index in [1.807, 2.05) is 0 Å². The Kier molecular flexibility index (Phi) is 5.57. The van der Waals surface area contributed by atoms with Crippen LogP contribution in [0, 0.1) is 0 Å². The molecule has 2 heterocycles. The molecule has 0 bridgehead atoms. The highest BCUT2D eigenvalue weighted by molar-refractivity contribution is 5.66. The minimum Gasteiger partial charge on any atom is -0.480 e. The summed E-state index contributed by atoms with van der Waals surface area (Å²) in [5.74, 6) is -1.84. The fourth-order valence-electron chi connectivity index (χ4n) is 1.57. The molecule has 0 aliphatic heterocycles. The van der Waals surface area contributed by atoms with Crippen molar-refractivity contribution >= 4 is 11.9 Å². The summed E-state index contributed by atoms with van der Waals surface area (Å²) in [6.45, 7) is 0.0300. The van der Waals surface area contributed by atoms with Crippen LogP contribution in [0.25, 0.3) is 0 Å². The lowest BCUT2D eigenvalue weighted by Crippen LogP contribution is -2.09. The molecule has 0 radical (unpaired) electrons. The van der Waals surface area contributed by atoms with Gasteiger partial charge in [0.2, 0.25) is 0 Å². The first kappa shape index (κ1) is 16.4. The van der Waals surface area contributed by atoms with Gasteiger partial charge in [0, 0.05) is 0 Å². The molecule has 2 aromatic rings. The van der Waals surface area contributed by atoms with Gasteiger partial charge >= 0.3 is 11.9 Å². The Labute approximate surface area is 129 Å². The zero-order chi connectivity index (χ0) is 16.7. The number of aliphatic carboxylic acids is 2. The van der Waals surface area contributed by atoms with Crippen molar-refractivity contribution < 1.29 is 29.3 Å². The highest BCUT2D eigenvalue weighted by Gasteiger charge is 2.06. The molecule has 0 amide bonds. The van der Waals surface area contributed by atoms with Gasteiger partial charge in [0.15, 0.2) is 0 Å². The topological polar surface area (TPSA) is 154 Å². The van der Waals surface area contributed by atoms with E-state index in [2.05, 4.69) is 20.6 Å². The summed E-state index contributed by atoms with van der Waals surface area (Å²) < 4.78 is 12.9. The van der Waals surface area contributed by atoms with E-state index in [4.69, 9.17) is 19.7 Å². The van der Waals surface area contributed by atoms with E-state index in [0.717, 1.165) is 4.68 Å². The molecule has 124 valence electrons. The Morgan fingerprint density at radius 2 is 1.65 bits per heavy atom. The third-order valence-corrected chi connectivity index (χ3v) is 2.43. The molecule has 0 fully saturated rings. The Balaban J connectivity index is 1.63. The van der Waals surface area contributed by atoms with Gasteiger partial charge in [-0.25, -0.2) is 9.36 Å². The molecule has 2 N–H and O–H groups in total. The molecular formula is C11H14N6O6. The molecule has 0 atom stereocenters. The molecule has 0 aliphatic carbocycles. The summed E-state index contributed by atoms with van der Waals surface area (Å²) in [5.41, 5.74) is 0.499. The van der Waals surface area contributed by atoms with Gasteiger partial charge in [0.1, 0.15) is 25.4 Å². The quantitative estimate of drug-likeness (QED) is 0.500. The summed E-state index contributed by atoms with van der Waals surface area (Å²) in [5, 5.41) is 31.8. The monoisotopic (exact) mass is 326 g/mol. The van der Waals surface area contributed by atoms with E-state index in [1.54, 1.807) is 0 Å². The van der Waals surface area contributed by atoms with Crippen LogP contribution in [-0.2, 0) is 34.0 Å². The summed E-state index contributed by atoms with van der Waals surface area (Å²) in [6.07, 6.45) is 2.85. The van der Waals surface area contributed by atoms with Crippen molar-refractivity contribution in [3.05, 3.63) is 18.1 Å². The van der Waals surface area contributed by atoms with Crippen LogP contribution in [0.4, 0.5) is 0 Å². The second-order valence-electron chi connectivity index (χ2n) is 4.35. The first-order chi connectivity index (χ1) is 11.0. The lowest BCUT2D eigenvalue weighted by molar-refractivity contribution is -0.139. The zero-order valence-electron chi connectivity index (χ0n) is 11.9. The molecule has 0 spiro atoms. The molecule has 0 aromatic carbocycles. The maximum Gasteiger partial charge on any atom is 0.325 e. The minimum absolute atomic E-state index is 0.161. The maximum atomic E-state index is 10.5. The van der Waals surface area contributed by atoms with Crippen molar-refractivity contribution in [3.63, 3.8) is 0 Å². The van der Waals surface area contributed by atoms with Crippen molar-refractivity contribution in [2.24, 2.45) is 0 Å². The fourth-order valence-corrected chi connectivity index (χ4v) is 1.57. The van der Waals surface area contributed by atoms with Crippen molar-refractivity contribution in [3.8, 4) is 5.88 Å². The summed E-state index contributed by atoms with van der Waals surface area (Å²) in [7, 11) is 0. The number of nitrogens with zero attached hydrogens (tertiary/aromatic N) is 6. The van der Waals surface area contributed by atoms with Crippen LogP contribution in [0.5, 0.6) is 5.88 Å². The lowest BCUT2D eigenvalue weighted by atomic mass is 10.5. The molecule has 23 heavy (non-hydrogen) atoms. The minimum atomic E-state index is -1.03. The first-order valence-electron chi connectivity index (χ1n) is 6.46. The van der Waals surface area contributed by atoms with Gasteiger partial charge in [-0.2, -0.15) is 0 Å². The van der Waals surface area contributed by atoms with Gasteiger partial charge in [0.25, 0.3) is 5.88 Å². The average Bonchev–Trinajstić information content (AvgIpc) is 3.07. The second-order valence-corrected chi connectivity index (χ2v) is 4.35. The smallest absolute Gasteiger partial charge is 0.325 e. The van der Waals surface area contributed by atoms with Crippen molar-refractivity contribution in [2.75, 3.05) is 13.2 Å². The van der Waals surface area contributed by atoms with Crippen molar-refractivity contribution in [2.45, 2.75) is 19.7 Å². The fraction of sp³-hybridized carbons (Fsp3) is 0.455. The molecule has 2 rings (SSSR count). The Morgan fingerprint density at radius 1 is 1.00 bits per heavy atom. The number of hydrogen-bond donors (Lipinski definition) is 2. The number of carbonyl (C=O) groups is 2. The molecular weight excluding hydrogens is 312 g/mol. The standard InChI is InChI=1S/C11H14N6O6/c18-10(19)5-16-3-8(12-14-16)7-22-1-2-23-9-4-17(15-13-9)6-11(20)21/h3-4H,1-2,5-7H2,(H,18,19)(H,20,21). The van der Waals surface area contributed by atoms with Gasteiger partial charge in [-0.15, -0.1) is 5.10 Å². The van der Waals surface area contributed by atoms with Gasteiger partial charge in [-0.05, 0) is 0 Å². The van der Waals surface area contributed by atoms with E-state index >= 15 is 0 Å². The Morgan fingerprint density at radius 3 is 2.35 bits per heavy atom. The third-order valence-electron chi connectivity index (χ3n) is 2.43. The highest BCUT2D eigenvalue weighted by atomic mass is 16.5. The number of aromatic nitrogens is 6. The van der Waals surface area contributed by atoms with Crippen LogP contribution in [0.2, 0.25) is 0 Å². The number of rotatable bonds is 10. The van der Waals surface area contributed by atoms with E-state index in [0.29, 0.717) is 5.69 Å². The van der Waals surface area contributed by atoms with Crippen LogP contribution in [0.15, 0.2) is 12.4 Å². The molecule has 0 aliphatic rings. The number of hydrogen-bond acceptors (Lipinski definition) is 8. The predicted octanol–water partition coefficient (Wildman–Crippen LogP) is -1.37. The van der Waals surface area contributed by atoms with Crippen LogP contribution in [0.3, 0.4) is 0 Å². The normalized spacial score (nSPS) is 10.6. The molecule has 2 aromatic heterocycles. The van der Waals surface area contributed by atoms with Gasteiger partial charge in [-0.1, -0.05) is 15.5 Å². The highest BCUT2D eigenvalue weighted by Crippen LogP contribution is 2.03. The largest absolute Gasteiger partial charge is 0.480 e. The van der Waals surface area contributed by atoms with Crippen LogP contribution in [-0.4, -0.2) is 65.4 Å². The third kappa shape index (κ3) is 5.70. The summed E-state index contributed by atoms with van der Waals surface area (Å²) in [6, 6.07) is 0. The molecule has 0 unspecified atom stereocenters. The van der Waals surface area contributed by atoms with Crippen LogP contribution < -0.4 is 4.74 Å². The number of carboxylic acid groups (broad SMARTS) is 2. The molecule has 0 saturated heterocycles. The summed E-state index contributed by atoms with van der Waals surface area (Å²) >= 11 is 0. The molecule has 12 nitrogen and oxygen atoms in total. The molecule has 0 saturated carbocycles. The average molecular weight is 326 g/mol. The number of ether oxygens (including phenoxy) is 2. The van der Waals surface area contributed by atoms with E-state index in [1.165, 1.54) is 17.1 Å². The molecule has 12 heteroatoms. The second kappa shape index (κ2) is 7.84. The zero-order valence-corrected chi connectivity index (χ0v) is 11.9. The number of carboxylic acids is 2. The van der Waals surface area contributed by atoms with E-state index < -0.39 is 11.9 Å². The van der Waals surface area contributed by atoms with Gasteiger partial charge in [0.05, 0.1) is 25.6 Å². The first-order valence-corrected chi connectivity index (χ1v) is 6.46. The predicted molar refractivity (Wildman–Crippen MR) is 70.5 cm³/mol. The van der Waals surface area contributed by atoms with Crippen molar-refractivity contribution in [1.82, 2.24) is 30.0 Å². The van der Waals surface area contributed by atoms with Crippen molar-refractivity contribution in [1.29, 1.82) is 0 Å². The Hall–Kier alpha value is -3.02. The maximum absolute atomic E-state index is 10.5. The van der Waals surface area contributed by atoms with Crippen LogP contribution >= 0.6 is 0 Å². The Bertz CT molecular complexity index is 611. The van der Waals surface area contributed by atoms with Crippen LogP contribution in [0.1, 0.15) is 5.69 Å².